The van der Waals surface area contributed by atoms with Crippen molar-refractivity contribution >= 4 is 250 Å². The van der Waals surface area contributed by atoms with E-state index in [4.69, 9.17) is 95.6 Å². The van der Waals surface area contributed by atoms with Gasteiger partial charge < -0.3 is 91.8 Å². The van der Waals surface area contributed by atoms with Crippen molar-refractivity contribution in [2.24, 2.45) is 0 Å². The van der Waals surface area contributed by atoms with E-state index in [0.29, 0.717) is 133 Å². The van der Waals surface area contributed by atoms with Crippen LogP contribution in [0.2, 0.25) is 20.1 Å². The zero-order valence-electron chi connectivity index (χ0n) is 72.9. The maximum atomic E-state index is 13.4. The fraction of sp³-hybridized carbons (Fsp3) is 0.269. The standard InChI is InChI=1S/C19H17Br2F3N2O4.C19H20Br2N2O4.C19H21Cl2NO3.C18H17Br2ClFNO3.C18H17Br2ClN2O4/c1-2-25-13-4-10(3-12(7-13)19(22,23)24)9-30-17-14(20)5-11(6-15(17)21)18(29)26-8-16(27)28;1-3-22-14-5-11(2)4-12(6-14)10-27-18-15(20)7-13(8-16(18)21)19(26)23-9-17(24)25;1-3-22-15-7-12(2)6-14(8-15)11-25-19-16(20)9-13(10-17(19)21)4-5-18(23)24;1-2-23-13-4-11(3-12(21)8-13)9-26-17-14(19)5-10(6-15(17)20)7-16(22)18(24)25;1-2-22-13-4-10(3-12(21)7-13)9-27-17-14(19)5-11(6-15(17)20)18(26)23-8-16(24)25/h3-7,25H,2,8-9H2,1H3,(H,26,29)(H,27,28);4-8,22H,3,9-10H2,1-2H3,(H,23,26)(H,24,25);6-10,22H,3-5,11H2,1-2H3,(H,23,24);3-6,8,16,23H,2,7,9H2,1H3,(H,24,25);3-7,22H,2,8-9H2,1H3,(H,23,26)(H,24,25). The monoisotopic (exact) mass is 2460 g/mol. The van der Waals surface area contributed by atoms with Crippen LogP contribution in [-0.2, 0) is 76.0 Å². The first kappa shape index (κ1) is 114. The van der Waals surface area contributed by atoms with Crippen LogP contribution in [0.15, 0.2) is 187 Å². The van der Waals surface area contributed by atoms with E-state index in [1.807, 2.05) is 96.1 Å². The van der Waals surface area contributed by atoms with Crippen molar-refractivity contribution in [2.45, 2.75) is 113 Å². The second kappa shape index (κ2) is 57.1. The van der Waals surface area contributed by atoms with Gasteiger partial charge in [0.15, 0.2) is 5.75 Å². The van der Waals surface area contributed by atoms with Gasteiger partial charge >= 0.3 is 36.0 Å². The van der Waals surface area contributed by atoms with E-state index in [-0.39, 0.29) is 44.0 Å². The highest BCUT2D eigenvalue weighted by Crippen LogP contribution is 2.42. The van der Waals surface area contributed by atoms with Gasteiger partial charge in [0, 0.05) is 101 Å². The average Bonchev–Trinajstić information content (AvgIpc) is 0.817. The Balaban J connectivity index is 0.000000260. The van der Waals surface area contributed by atoms with Crippen molar-refractivity contribution in [3.8, 4) is 28.7 Å². The number of aliphatic carboxylic acids is 5. The lowest BCUT2D eigenvalue weighted by Crippen LogP contribution is -2.29. The number of aryl methyl sites for hydroxylation is 3. The first-order valence-corrected chi connectivity index (χ1v) is 48.5. The molecule has 13 N–H and O–H groups in total. The molecule has 0 spiro atoms. The first-order chi connectivity index (χ1) is 63.8. The minimum atomic E-state index is -4.49. The molecule has 10 rings (SSSR count). The van der Waals surface area contributed by atoms with E-state index >= 15 is 0 Å². The topological polar surface area (TPSA) is 380 Å². The molecule has 10 aromatic carbocycles. The summed E-state index contributed by atoms with van der Waals surface area (Å²) in [5, 5.41) is 68.1. The van der Waals surface area contributed by atoms with Gasteiger partial charge in [-0.15, -0.1) is 0 Å². The number of hydrogen-bond donors (Lipinski definition) is 13. The molecule has 10 aromatic rings. The Bertz CT molecular complexity index is 5610. The number of halogens is 16. The van der Waals surface area contributed by atoms with E-state index < -0.39 is 85.1 Å². The van der Waals surface area contributed by atoms with E-state index in [9.17, 15) is 55.9 Å². The predicted octanol–water partition coefficient (Wildman–Crippen LogP) is 25.3. The Labute approximate surface area is 863 Å². The minimum absolute atomic E-state index is 0.0311. The number of rotatable bonds is 40. The highest BCUT2D eigenvalue weighted by molar-refractivity contribution is 9.12. The Hall–Kier alpha value is -9.32. The van der Waals surface area contributed by atoms with Crippen LogP contribution in [0.25, 0.3) is 0 Å². The molecule has 0 aromatic heterocycles. The van der Waals surface area contributed by atoms with Gasteiger partial charge in [0.05, 0.1) is 51.4 Å². The van der Waals surface area contributed by atoms with Crippen molar-refractivity contribution in [3.63, 3.8) is 0 Å². The van der Waals surface area contributed by atoms with Crippen molar-refractivity contribution < 1.29 is 105 Å². The number of carbonyl (C=O) groups is 8. The Kier molecular flexibility index (Phi) is 48.4. The van der Waals surface area contributed by atoms with E-state index in [0.717, 1.165) is 100 Å². The number of anilines is 5. The third-order valence-electron chi connectivity index (χ3n) is 17.7. The summed E-state index contributed by atoms with van der Waals surface area (Å²) in [5.41, 5.74) is 12.0. The fourth-order valence-electron chi connectivity index (χ4n) is 12.2. The van der Waals surface area contributed by atoms with Gasteiger partial charge in [-0.2, -0.15) is 13.2 Å². The molecule has 0 bridgehead atoms. The van der Waals surface area contributed by atoms with Gasteiger partial charge in [0.25, 0.3) is 17.7 Å². The maximum Gasteiger partial charge on any atom is 0.416 e. The molecular formula is C93H92Br8Cl4F4N8O18. The summed E-state index contributed by atoms with van der Waals surface area (Å²) in [6, 6.07) is 43.0. The largest absolute Gasteiger partial charge is 0.487 e. The molecule has 0 heterocycles. The number of amides is 3. The molecule has 135 heavy (non-hydrogen) atoms. The van der Waals surface area contributed by atoms with Gasteiger partial charge in [-0.05, 0) is 372 Å². The average molecular weight is 2470 g/mol. The van der Waals surface area contributed by atoms with E-state index in [1.54, 1.807) is 61.5 Å². The Morgan fingerprint density at radius 2 is 0.615 bits per heavy atom. The number of carboxylic acid groups (broad SMARTS) is 5. The van der Waals surface area contributed by atoms with Crippen LogP contribution in [0.4, 0.5) is 46.0 Å². The lowest BCUT2D eigenvalue weighted by Gasteiger charge is -2.15. The summed E-state index contributed by atoms with van der Waals surface area (Å²) in [7, 11) is 0. The molecule has 1 unspecified atom stereocenters. The van der Waals surface area contributed by atoms with Gasteiger partial charge in [-0.1, -0.05) is 58.5 Å². The number of alkyl halides is 4. The number of benzene rings is 10. The summed E-state index contributed by atoms with van der Waals surface area (Å²) in [4.78, 5) is 89.1. The molecule has 42 heteroatoms. The summed E-state index contributed by atoms with van der Waals surface area (Å²) < 4.78 is 86.3. The molecule has 3 amide bonds. The summed E-state index contributed by atoms with van der Waals surface area (Å²) >= 11 is 51.7. The lowest BCUT2D eigenvalue weighted by molar-refractivity contribution is -0.143. The number of hydrogen-bond acceptors (Lipinski definition) is 18. The molecule has 0 radical (unpaired) electrons. The third kappa shape index (κ3) is 40.0. The number of ether oxygens (including phenoxy) is 5. The van der Waals surface area contributed by atoms with Gasteiger partial charge in [-0.3, -0.25) is 33.6 Å². The second-order valence-corrected chi connectivity index (χ2v) is 37.4. The van der Waals surface area contributed by atoms with Crippen LogP contribution in [0.3, 0.4) is 0 Å². The molecule has 0 saturated heterocycles. The van der Waals surface area contributed by atoms with Crippen molar-refractivity contribution in [1.29, 1.82) is 0 Å². The quantitative estimate of drug-likeness (QED) is 0.0159. The van der Waals surface area contributed by atoms with Crippen LogP contribution in [0.5, 0.6) is 28.7 Å². The number of nitrogens with one attached hydrogen (secondary N) is 8. The Morgan fingerprint density at radius 3 is 0.896 bits per heavy atom. The molecule has 0 saturated carbocycles. The van der Waals surface area contributed by atoms with Crippen molar-refractivity contribution in [1.82, 2.24) is 16.0 Å². The van der Waals surface area contributed by atoms with Gasteiger partial charge in [-0.25, -0.2) is 9.18 Å². The second-order valence-electron chi connectivity index (χ2n) is 28.8. The summed E-state index contributed by atoms with van der Waals surface area (Å²) in [6.45, 7) is 17.3. The van der Waals surface area contributed by atoms with Gasteiger partial charge in [0.2, 0.25) is 6.17 Å². The molecular weight excluding hydrogens is 2370 g/mol. The van der Waals surface area contributed by atoms with Crippen molar-refractivity contribution in [3.05, 3.63) is 280 Å². The zero-order chi connectivity index (χ0) is 100. The number of carboxylic acids is 5. The molecule has 0 aliphatic rings. The summed E-state index contributed by atoms with van der Waals surface area (Å²) in [5.74, 6) is -4.96. The molecule has 0 fully saturated rings. The molecule has 26 nitrogen and oxygen atoms in total. The van der Waals surface area contributed by atoms with Gasteiger partial charge in [0.1, 0.15) is 75.7 Å². The van der Waals surface area contributed by atoms with Crippen LogP contribution >= 0.6 is 174 Å². The SMILES string of the molecule is CCNc1cc(C)cc(COc2c(Br)cc(C(=O)NCC(=O)O)cc2Br)c1.CCNc1cc(C)cc(COc2c(Cl)cc(CCC(=O)O)cc2Cl)c1.CCNc1cc(COc2c(Br)cc(C(=O)NCC(=O)O)cc2Br)cc(C(F)(F)F)c1.CCNc1cc(Cl)cc(COc2c(Br)cc(C(=O)NCC(=O)O)cc2Br)c1.CCNc1cc(Cl)cc(COc2c(Br)cc(CC(F)C(=O)O)cc2Br)c1. The van der Waals surface area contributed by atoms with E-state index in [1.165, 1.54) is 12.1 Å². The third-order valence-corrected chi connectivity index (χ3v) is 23.4. The normalized spacial score (nSPS) is 10.9. The fourth-order valence-corrected chi connectivity index (χ4v) is 19.1. The van der Waals surface area contributed by atoms with Crippen LogP contribution in [0.1, 0.15) is 128 Å². The van der Waals surface area contributed by atoms with Crippen LogP contribution in [0, 0.1) is 13.8 Å². The lowest BCUT2D eigenvalue weighted by atomic mass is 10.1. The zero-order valence-corrected chi connectivity index (χ0v) is 88.6. The molecule has 0 aliphatic heterocycles. The molecule has 1 atom stereocenters. The summed E-state index contributed by atoms with van der Waals surface area (Å²) in [6.07, 6.45) is -6.25. The minimum Gasteiger partial charge on any atom is -0.487 e. The first-order valence-electron chi connectivity index (χ1n) is 40.7. The number of carbonyl (C=O) groups excluding carboxylic acids is 3. The molecule has 724 valence electrons. The van der Waals surface area contributed by atoms with Crippen molar-refractivity contribution in [2.75, 3.05) is 78.9 Å². The maximum absolute atomic E-state index is 13.4. The van der Waals surface area contributed by atoms with Crippen LogP contribution in [-0.4, -0.2) is 132 Å². The highest BCUT2D eigenvalue weighted by atomic mass is 79.9. The van der Waals surface area contributed by atoms with Crippen LogP contribution < -0.4 is 66.2 Å². The van der Waals surface area contributed by atoms with E-state index in [2.05, 4.69) is 188 Å². The smallest absolute Gasteiger partial charge is 0.416 e. The Morgan fingerprint density at radius 1 is 0.341 bits per heavy atom. The highest BCUT2D eigenvalue weighted by Gasteiger charge is 2.32. The predicted molar refractivity (Wildman–Crippen MR) is 545 cm³/mol. The molecule has 0 aliphatic carbocycles.